The predicted molar refractivity (Wildman–Crippen MR) is 74.0 cm³/mol. The van der Waals surface area contributed by atoms with Crippen molar-refractivity contribution in [1.29, 1.82) is 0 Å². The summed E-state index contributed by atoms with van der Waals surface area (Å²) >= 11 is 0. The third-order valence-corrected chi connectivity index (χ3v) is 3.13. The number of hydrogen-bond acceptors (Lipinski definition) is 4. The summed E-state index contributed by atoms with van der Waals surface area (Å²) in [6.07, 6.45) is 1.98. The van der Waals surface area contributed by atoms with Crippen molar-refractivity contribution >= 4 is 5.82 Å². The minimum atomic E-state index is 0.504. The highest BCUT2D eigenvalue weighted by Gasteiger charge is 2.14. The van der Waals surface area contributed by atoms with Gasteiger partial charge in [-0.1, -0.05) is 13.8 Å². The number of aromatic nitrogens is 1. The Bertz CT molecular complexity index is 387. The Morgan fingerprint density at radius 2 is 2.11 bits per heavy atom. The maximum absolute atomic E-state index is 5.37. The lowest BCUT2D eigenvalue weighted by atomic mass is 10.2. The topological polar surface area (TPSA) is 37.4 Å². The van der Waals surface area contributed by atoms with E-state index in [-0.39, 0.29) is 0 Å². The van der Waals surface area contributed by atoms with E-state index in [1.807, 2.05) is 6.20 Å². The molecule has 2 heterocycles. The van der Waals surface area contributed by atoms with Gasteiger partial charge in [0.05, 0.1) is 13.2 Å². The van der Waals surface area contributed by atoms with E-state index in [0.29, 0.717) is 6.04 Å². The molecule has 1 aliphatic heterocycles. The van der Waals surface area contributed by atoms with E-state index in [2.05, 4.69) is 42.0 Å². The first-order valence-electron chi connectivity index (χ1n) is 6.68. The summed E-state index contributed by atoms with van der Waals surface area (Å²) in [5.74, 6) is 1.10. The van der Waals surface area contributed by atoms with Crippen molar-refractivity contribution in [2.24, 2.45) is 0 Å². The first-order chi connectivity index (χ1) is 8.66. The summed E-state index contributed by atoms with van der Waals surface area (Å²) in [5, 5.41) is 3.41. The van der Waals surface area contributed by atoms with E-state index in [1.54, 1.807) is 0 Å². The second-order valence-corrected chi connectivity index (χ2v) is 5.12. The van der Waals surface area contributed by atoms with Gasteiger partial charge < -0.3 is 15.0 Å². The average molecular weight is 249 g/mol. The summed E-state index contributed by atoms with van der Waals surface area (Å²) in [7, 11) is 0. The van der Waals surface area contributed by atoms with Crippen LogP contribution in [0.3, 0.4) is 0 Å². The Balaban J connectivity index is 2.04. The molecule has 0 atom stereocenters. The van der Waals surface area contributed by atoms with Gasteiger partial charge in [0, 0.05) is 31.9 Å². The molecule has 1 aromatic heterocycles. The second kappa shape index (κ2) is 6.16. The fourth-order valence-electron chi connectivity index (χ4n) is 2.15. The molecule has 1 aromatic rings. The van der Waals surface area contributed by atoms with Crippen LogP contribution in [0.25, 0.3) is 0 Å². The van der Waals surface area contributed by atoms with Crippen LogP contribution in [0.1, 0.15) is 25.0 Å². The first-order valence-corrected chi connectivity index (χ1v) is 6.68. The van der Waals surface area contributed by atoms with Crippen molar-refractivity contribution < 1.29 is 4.74 Å². The molecule has 0 aliphatic carbocycles. The van der Waals surface area contributed by atoms with E-state index in [0.717, 1.165) is 38.7 Å². The van der Waals surface area contributed by atoms with Crippen LogP contribution < -0.4 is 10.2 Å². The third kappa shape index (κ3) is 3.43. The van der Waals surface area contributed by atoms with Crippen LogP contribution in [0.4, 0.5) is 5.82 Å². The van der Waals surface area contributed by atoms with Gasteiger partial charge in [-0.3, -0.25) is 0 Å². The van der Waals surface area contributed by atoms with Gasteiger partial charge in [0.1, 0.15) is 5.82 Å². The smallest absolute Gasteiger partial charge is 0.131 e. The Morgan fingerprint density at radius 1 is 1.39 bits per heavy atom. The molecule has 0 amide bonds. The molecule has 1 fully saturated rings. The number of ether oxygens (including phenoxy) is 1. The largest absolute Gasteiger partial charge is 0.378 e. The maximum atomic E-state index is 5.37. The summed E-state index contributed by atoms with van der Waals surface area (Å²) in [5.41, 5.74) is 2.50. The molecule has 1 saturated heterocycles. The van der Waals surface area contributed by atoms with E-state index in [1.165, 1.54) is 11.1 Å². The van der Waals surface area contributed by atoms with Gasteiger partial charge in [-0.2, -0.15) is 0 Å². The number of hydrogen-bond donors (Lipinski definition) is 1. The molecule has 4 nitrogen and oxygen atoms in total. The number of aryl methyl sites for hydroxylation is 1. The molecule has 4 heteroatoms. The Hall–Kier alpha value is -1.13. The lowest BCUT2D eigenvalue weighted by molar-refractivity contribution is 0.122. The van der Waals surface area contributed by atoms with Crippen molar-refractivity contribution in [1.82, 2.24) is 10.3 Å². The minimum Gasteiger partial charge on any atom is -0.378 e. The molecule has 0 unspecified atom stereocenters. The van der Waals surface area contributed by atoms with Crippen LogP contribution in [0, 0.1) is 6.92 Å². The molecule has 0 bridgehead atoms. The van der Waals surface area contributed by atoms with E-state index >= 15 is 0 Å². The monoisotopic (exact) mass is 249 g/mol. The van der Waals surface area contributed by atoms with Crippen LogP contribution in [0.15, 0.2) is 12.3 Å². The summed E-state index contributed by atoms with van der Waals surface area (Å²) in [4.78, 5) is 6.91. The SMILES string of the molecule is Cc1cc(CNC(C)C)cnc1N1CCOCC1. The Kier molecular flexibility index (Phi) is 4.55. The van der Waals surface area contributed by atoms with Gasteiger partial charge in [0.25, 0.3) is 0 Å². The zero-order valence-electron chi connectivity index (χ0n) is 11.6. The molecular formula is C14H23N3O. The third-order valence-electron chi connectivity index (χ3n) is 3.13. The number of rotatable bonds is 4. The van der Waals surface area contributed by atoms with Crippen LogP contribution in [-0.4, -0.2) is 37.3 Å². The molecule has 1 N–H and O–H groups in total. The number of morpholine rings is 1. The normalized spacial score (nSPS) is 16.3. The number of pyridine rings is 1. The Morgan fingerprint density at radius 3 is 2.72 bits per heavy atom. The molecule has 1 aliphatic rings. The first kappa shape index (κ1) is 13.3. The fraction of sp³-hybridized carbons (Fsp3) is 0.643. The number of anilines is 1. The van der Waals surface area contributed by atoms with Gasteiger partial charge in [0.2, 0.25) is 0 Å². The highest BCUT2D eigenvalue weighted by molar-refractivity contribution is 5.47. The van der Waals surface area contributed by atoms with E-state index < -0.39 is 0 Å². The van der Waals surface area contributed by atoms with Crippen molar-refractivity contribution in [2.75, 3.05) is 31.2 Å². The highest BCUT2D eigenvalue weighted by Crippen LogP contribution is 2.19. The van der Waals surface area contributed by atoms with Crippen molar-refractivity contribution in [3.63, 3.8) is 0 Å². The van der Waals surface area contributed by atoms with Crippen LogP contribution >= 0.6 is 0 Å². The highest BCUT2D eigenvalue weighted by atomic mass is 16.5. The average Bonchev–Trinajstić information content (AvgIpc) is 2.37. The van der Waals surface area contributed by atoms with Gasteiger partial charge in [-0.05, 0) is 24.1 Å². The summed E-state index contributed by atoms with van der Waals surface area (Å²) in [6, 6.07) is 2.73. The molecule has 2 rings (SSSR count). The van der Waals surface area contributed by atoms with Gasteiger partial charge in [0.15, 0.2) is 0 Å². The van der Waals surface area contributed by atoms with Crippen LogP contribution in [-0.2, 0) is 11.3 Å². The zero-order valence-corrected chi connectivity index (χ0v) is 11.6. The molecule has 18 heavy (non-hydrogen) atoms. The Labute approximate surface area is 109 Å². The number of nitrogens with one attached hydrogen (secondary N) is 1. The molecular weight excluding hydrogens is 226 g/mol. The quantitative estimate of drug-likeness (QED) is 0.882. The maximum Gasteiger partial charge on any atom is 0.131 e. The molecule has 100 valence electrons. The van der Waals surface area contributed by atoms with Crippen LogP contribution in [0.5, 0.6) is 0 Å². The fourth-order valence-corrected chi connectivity index (χ4v) is 2.15. The number of nitrogens with zero attached hydrogens (tertiary/aromatic N) is 2. The molecule has 0 saturated carbocycles. The summed E-state index contributed by atoms with van der Waals surface area (Å²) in [6.45, 7) is 10.8. The zero-order chi connectivity index (χ0) is 13.0. The molecule has 0 spiro atoms. The van der Waals surface area contributed by atoms with Crippen LogP contribution in [0.2, 0.25) is 0 Å². The van der Waals surface area contributed by atoms with Crippen molar-refractivity contribution in [3.05, 3.63) is 23.4 Å². The summed E-state index contributed by atoms with van der Waals surface area (Å²) < 4.78 is 5.37. The lowest BCUT2D eigenvalue weighted by Crippen LogP contribution is -2.37. The van der Waals surface area contributed by atoms with Crippen molar-refractivity contribution in [3.8, 4) is 0 Å². The van der Waals surface area contributed by atoms with Gasteiger partial charge in [-0.25, -0.2) is 4.98 Å². The van der Waals surface area contributed by atoms with Crippen molar-refractivity contribution in [2.45, 2.75) is 33.4 Å². The lowest BCUT2D eigenvalue weighted by Gasteiger charge is -2.29. The van der Waals surface area contributed by atoms with E-state index in [4.69, 9.17) is 4.74 Å². The van der Waals surface area contributed by atoms with Gasteiger partial charge in [-0.15, -0.1) is 0 Å². The minimum absolute atomic E-state index is 0.504. The second-order valence-electron chi connectivity index (χ2n) is 5.12. The van der Waals surface area contributed by atoms with Gasteiger partial charge >= 0.3 is 0 Å². The predicted octanol–water partition coefficient (Wildman–Crippen LogP) is 1.72. The van der Waals surface area contributed by atoms with E-state index in [9.17, 15) is 0 Å². The standard InChI is InChI=1S/C14H23N3O/c1-11(2)15-9-13-8-12(3)14(16-10-13)17-4-6-18-7-5-17/h8,10-11,15H,4-7,9H2,1-3H3. The molecule has 0 aromatic carbocycles. The molecule has 0 radical (unpaired) electrons.